The largest absolute Gasteiger partial charge is 0.497 e. The molecule has 1 aromatic rings. The van der Waals surface area contributed by atoms with Crippen LogP contribution in [0, 0.1) is 11.3 Å². The van der Waals surface area contributed by atoms with E-state index in [1.807, 2.05) is 13.0 Å². The van der Waals surface area contributed by atoms with E-state index in [9.17, 15) is 0 Å². The Labute approximate surface area is 94.6 Å². The van der Waals surface area contributed by atoms with Gasteiger partial charge >= 0.3 is 0 Å². The summed E-state index contributed by atoms with van der Waals surface area (Å²) in [5, 5.41) is 12.3. The molecule has 80 valence electrons. The first-order valence-electron chi connectivity index (χ1n) is 4.64. The van der Waals surface area contributed by atoms with Crippen LogP contribution in [0.5, 0.6) is 5.75 Å². The molecule has 1 unspecified atom stereocenters. The number of benzene rings is 1. The van der Waals surface area contributed by atoms with Crippen molar-refractivity contribution in [2.75, 3.05) is 12.4 Å². The standard InChI is InChI=1S/C11H13ClN2O/c1-8(5-6-13)14-11-7-9(15-2)3-4-10(11)12/h3-4,7-8,14H,5H2,1-2H3. The summed E-state index contributed by atoms with van der Waals surface area (Å²) in [6.45, 7) is 1.93. The maximum Gasteiger partial charge on any atom is 0.121 e. The maximum atomic E-state index is 8.54. The molecule has 4 heteroatoms. The van der Waals surface area contributed by atoms with Crippen molar-refractivity contribution < 1.29 is 4.74 Å². The summed E-state index contributed by atoms with van der Waals surface area (Å²) < 4.78 is 5.09. The minimum atomic E-state index is 0.0691. The van der Waals surface area contributed by atoms with Crippen LogP contribution in [0.4, 0.5) is 5.69 Å². The van der Waals surface area contributed by atoms with Gasteiger partial charge in [-0.15, -0.1) is 0 Å². The van der Waals surface area contributed by atoms with Crippen LogP contribution in [-0.2, 0) is 0 Å². The predicted molar refractivity (Wildman–Crippen MR) is 61.3 cm³/mol. The molecule has 15 heavy (non-hydrogen) atoms. The molecule has 1 aromatic carbocycles. The molecule has 0 saturated carbocycles. The fraction of sp³-hybridized carbons (Fsp3) is 0.364. The zero-order valence-corrected chi connectivity index (χ0v) is 9.51. The second kappa shape index (κ2) is 5.47. The lowest BCUT2D eigenvalue weighted by Gasteiger charge is -2.14. The lowest BCUT2D eigenvalue weighted by atomic mass is 10.2. The van der Waals surface area contributed by atoms with Crippen molar-refractivity contribution in [3.63, 3.8) is 0 Å². The minimum Gasteiger partial charge on any atom is -0.497 e. The van der Waals surface area contributed by atoms with Crippen LogP contribution in [0.2, 0.25) is 5.02 Å². The summed E-state index contributed by atoms with van der Waals surface area (Å²) in [5.74, 6) is 0.742. The minimum absolute atomic E-state index is 0.0691. The Balaban J connectivity index is 2.79. The lowest BCUT2D eigenvalue weighted by Crippen LogP contribution is -2.14. The van der Waals surface area contributed by atoms with Gasteiger partial charge in [0.05, 0.1) is 30.3 Å². The van der Waals surface area contributed by atoms with Gasteiger partial charge in [0.15, 0.2) is 0 Å². The highest BCUT2D eigenvalue weighted by Crippen LogP contribution is 2.27. The van der Waals surface area contributed by atoms with Crippen LogP contribution < -0.4 is 10.1 Å². The van der Waals surface area contributed by atoms with Gasteiger partial charge in [0.1, 0.15) is 5.75 Å². The first-order chi connectivity index (χ1) is 7.17. The Kier molecular flexibility index (Phi) is 4.26. The number of anilines is 1. The molecular formula is C11H13ClN2O. The molecule has 0 saturated heterocycles. The van der Waals surface area contributed by atoms with E-state index in [0.717, 1.165) is 11.4 Å². The van der Waals surface area contributed by atoms with E-state index >= 15 is 0 Å². The Morgan fingerprint density at radius 3 is 2.93 bits per heavy atom. The summed E-state index contributed by atoms with van der Waals surface area (Å²) >= 11 is 6.00. The van der Waals surface area contributed by atoms with Crippen LogP contribution >= 0.6 is 11.6 Å². The van der Waals surface area contributed by atoms with Gasteiger partial charge in [0.25, 0.3) is 0 Å². The summed E-state index contributed by atoms with van der Waals surface area (Å²) in [4.78, 5) is 0. The zero-order valence-electron chi connectivity index (χ0n) is 8.75. The highest BCUT2D eigenvalue weighted by atomic mass is 35.5. The molecule has 1 atom stereocenters. The van der Waals surface area contributed by atoms with E-state index in [-0.39, 0.29) is 6.04 Å². The van der Waals surface area contributed by atoms with E-state index in [2.05, 4.69) is 11.4 Å². The number of ether oxygens (including phenoxy) is 1. The molecule has 0 fully saturated rings. The second-order valence-electron chi connectivity index (χ2n) is 3.25. The molecular weight excluding hydrogens is 212 g/mol. The van der Waals surface area contributed by atoms with E-state index in [4.69, 9.17) is 21.6 Å². The number of hydrogen-bond donors (Lipinski definition) is 1. The number of methoxy groups -OCH3 is 1. The van der Waals surface area contributed by atoms with Crippen molar-refractivity contribution >= 4 is 17.3 Å². The zero-order chi connectivity index (χ0) is 11.3. The number of halogens is 1. The van der Waals surface area contributed by atoms with Crippen LogP contribution in [0.25, 0.3) is 0 Å². The van der Waals surface area contributed by atoms with Crippen molar-refractivity contribution in [1.29, 1.82) is 5.26 Å². The van der Waals surface area contributed by atoms with E-state index in [1.54, 1.807) is 19.2 Å². The van der Waals surface area contributed by atoms with Gasteiger partial charge < -0.3 is 10.1 Å². The second-order valence-corrected chi connectivity index (χ2v) is 3.66. The molecule has 0 amide bonds. The monoisotopic (exact) mass is 224 g/mol. The van der Waals surface area contributed by atoms with E-state index in [1.165, 1.54) is 0 Å². The topological polar surface area (TPSA) is 45.0 Å². The van der Waals surface area contributed by atoms with Gasteiger partial charge in [-0.25, -0.2) is 0 Å². The number of hydrogen-bond acceptors (Lipinski definition) is 3. The highest BCUT2D eigenvalue weighted by Gasteiger charge is 2.06. The number of nitrogens with zero attached hydrogens (tertiary/aromatic N) is 1. The van der Waals surface area contributed by atoms with Crippen molar-refractivity contribution in [3.05, 3.63) is 23.2 Å². The van der Waals surface area contributed by atoms with Gasteiger partial charge in [0, 0.05) is 12.1 Å². The Hall–Kier alpha value is -1.40. The average molecular weight is 225 g/mol. The summed E-state index contributed by atoms with van der Waals surface area (Å²) in [6.07, 6.45) is 0.438. The molecule has 0 aliphatic rings. The van der Waals surface area contributed by atoms with Crippen molar-refractivity contribution in [2.45, 2.75) is 19.4 Å². The van der Waals surface area contributed by atoms with Gasteiger partial charge in [-0.3, -0.25) is 0 Å². The Morgan fingerprint density at radius 1 is 1.60 bits per heavy atom. The fourth-order valence-electron chi connectivity index (χ4n) is 1.20. The average Bonchev–Trinajstić information content (AvgIpc) is 2.21. The summed E-state index contributed by atoms with van der Waals surface area (Å²) in [5.41, 5.74) is 0.791. The van der Waals surface area contributed by atoms with E-state index < -0.39 is 0 Å². The smallest absolute Gasteiger partial charge is 0.121 e. The maximum absolute atomic E-state index is 8.54. The van der Waals surface area contributed by atoms with Gasteiger partial charge in [-0.2, -0.15) is 5.26 Å². The number of nitrogens with one attached hydrogen (secondary N) is 1. The molecule has 0 aliphatic carbocycles. The molecule has 0 aromatic heterocycles. The molecule has 1 N–H and O–H groups in total. The van der Waals surface area contributed by atoms with Crippen molar-refractivity contribution in [2.24, 2.45) is 0 Å². The van der Waals surface area contributed by atoms with Crippen LogP contribution in [0.3, 0.4) is 0 Å². The first kappa shape index (κ1) is 11.7. The summed E-state index contributed by atoms with van der Waals surface area (Å²) in [7, 11) is 1.60. The van der Waals surface area contributed by atoms with Crippen LogP contribution in [-0.4, -0.2) is 13.2 Å². The quantitative estimate of drug-likeness (QED) is 0.855. The molecule has 0 spiro atoms. The molecule has 0 heterocycles. The third kappa shape index (κ3) is 3.34. The van der Waals surface area contributed by atoms with Crippen LogP contribution in [0.15, 0.2) is 18.2 Å². The SMILES string of the molecule is COc1ccc(Cl)c(NC(C)CC#N)c1. The number of rotatable bonds is 4. The van der Waals surface area contributed by atoms with Crippen molar-refractivity contribution in [3.8, 4) is 11.8 Å². The van der Waals surface area contributed by atoms with Gasteiger partial charge in [-0.1, -0.05) is 11.6 Å². The first-order valence-corrected chi connectivity index (χ1v) is 5.02. The highest BCUT2D eigenvalue weighted by molar-refractivity contribution is 6.33. The fourth-order valence-corrected chi connectivity index (χ4v) is 1.37. The lowest BCUT2D eigenvalue weighted by molar-refractivity contribution is 0.415. The van der Waals surface area contributed by atoms with Gasteiger partial charge in [0.2, 0.25) is 0 Å². The third-order valence-corrected chi connectivity index (χ3v) is 2.30. The molecule has 0 bridgehead atoms. The predicted octanol–water partition coefficient (Wildman–Crippen LogP) is 3.06. The molecule has 3 nitrogen and oxygen atoms in total. The Bertz CT molecular complexity index is 373. The normalized spacial score (nSPS) is 11.6. The van der Waals surface area contributed by atoms with E-state index in [0.29, 0.717) is 11.4 Å². The third-order valence-electron chi connectivity index (χ3n) is 1.97. The van der Waals surface area contributed by atoms with Crippen molar-refractivity contribution in [1.82, 2.24) is 0 Å². The number of nitriles is 1. The molecule has 1 rings (SSSR count). The molecule has 0 radical (unpaired) electrons. The van der Waals surface area contributed by atoms with Crippen LogP contribution in [0.1, 0.15) is 13.3 Å². The Morgan fingerprint density at radius 2 is 2.33 bits per heavy atom. The summed E-state index contributed by atoms with van der Waals surface area (Å²) in [6, 6.07) is 7.54. The van der Waals surface area contributed by atoms with Gasteiger partial charge in [-0.05, 0) is 19.1 Å². The molecule has 0 aliphatic heterocycles.